The molecule has 1 aromatic carbocycles. The van der Waals surface area contributed by atoms with Crippen LogP contribution in [-0.4, -0.2) is 27.1 Å². The molecule has 3 aromatic rings. The number of benzene rings is 1. The van der Waals surface area contributed by atoms with Crippen molar-refractivity contribution in [2.45, 2.75) is 32.2 Å². The average molecular weight is 369 g/mol. The van der Waals surface area contributed by atoms with Crippen LogP contribution in [-0.2, 0) is 16.0 Å². The number of furan rings is 1. The second kappa shape index (κ2) is 8.31. The highest BCUT2D eigenvalue weighted by Crippen LogP contribution is 2.21. The van der Waals surface area contributed by atoms with Crippen molar-refractivity contribution in [3.8, 4) is 11.6 Å². The number of aryl methyl sites for hydroxylation is 2. The molecule has 1 atom stereocenters. The smallest absolute Gasteiger partial charge is 0.305 e. The molecule has 0 aliphatic carbocycles. The lowest BCUT2D eigenvalue weighted by Crippen LogP contribution is -2.30. The van der Waals surface area contributed by atoms with E-state index in [1.54, 1.807) is 12.1 Å². The van der Waals surface area contributed by atoms with Gasteiger partial charge in [0.05, 0.1) is 18.7 Å². The van der Waals surface area contributed by atoms with Crippen molar-refractivity contribution in [1.29, 1.82) is 0 Å². The van der Waals surface area contributed by atoms with Crippen LogP contribution in [0.3, 0.4) is 0 Å². The first kappa shape index (κ1) is 18.4. The summed E-state index contributed by atoms with van der Waals surface area (Å²) in [5.74, 6) is -0.164. The lowest BCUT2D eigenvalue weighted by molar-refractivity contribution is -0.137. The minimum absolute atomic E-state index is 0.0990. The van der Waals surface area contributed by atoms with E-state index in [2.05, 4.69) is 15.5 Å². The maximum atomic E-state index is 12.3. The summed E-state index contributed by atoms with van der Waals surface area (Å²) in [7, 11) is 0. The maximum Gasteiger partial charge on any atom is 0.305 e. The summed E-state index contributed by atoms with van der Waals surface area (Å²) < 4.78 is 10.3. The minimum atomic E-state index is -0.983. The zero-order valence-corrected chi connectivity index (χ0v) is 14.7. The van der Waals surface area contributed by atoms with Crippen LogP contribution in [0.15, 0.2) is 51.6 Å². The first-order chi connectivity index (χ1) is 13.0. The van der Waals surface area contributed by atoms with Crippen molar-refractivity contribution in [3.63, 3.8) is 0 Å². The third-order valence-electron chi connectivity index (χ3n) is 4.05. The number of rotatable bonds is 8. The summed E-state index contributed by atoms with van der Waals surface area (Å²) in [6.45, 7) is 1.88. The Balaban J connectivity index is 1.61. The zero-order chi connectivity index (χ0) is 19.2. The van der Waals surface area contributed by atoms with E-state index in [-0.39, 0.29) is 25.2 Å². The molecule has 8 heteroatoms. The Morgan fingerprint density at radius 2 is 2.04 bits per heavy atom. The molecule has 0 saturated heterocycles. The van der Waals surface area contributed by atoms with Gasteiger partial charge in [0.1, 0.15) is 0 Å². The van der Waals surface area contributed by atoms with E-state index in [4.69, 9.17) is 14.0 Å². The van der Waals surface area contributed by atoms with Gasteiger partial charge in [0, 0.05) is 12.8 Å². The molecule has 0 bridgehead atoms. The van der Waals surface area contributed by atoms with Gasteiger partial charge in [-0.05, 0) is 30.2 Å². The molecule has 0 aliphatic heterocycles. The zero-order valence-electron chi connectivity index (χ0n) is 14.7. The quantitative estimate of drug-likeness (QED) is 0.626. The van der Waals surface area contributed by atoms with Gasteiger partial charge in [-0.1, -0.05) is 29.4 Å². The van der Waals surface area contributed by atoms with Crippen molar-refractivity contribution in [2.75, 3.05) is 0 Å². The summed E-state index contributed by atoms with van der Waals surface area (Å²) >= 11 is 0. The van der Waals surface area contributed by atoms with E-state index in [0.717, 1.165) is 11.1 Å². The molecule has 2 heterocycles. The van der Waals surface area contributed by atoms with Gasteiger partial charge >= 0.3 is 5.97 Å². The monoisotopic (exact) mass is 369 g/mol. The van der Waals surface area contributed by atoms with Crippen molar-refractivity contribution in [2.24, 2.45) is 0 Å². The molecular weight excluding hydrogens is 350 g/mol. The Hall–Kier alpha value is -3.42. The molecule has 140 valence electrons. The average Bonchev–Trinajstić information content (AvgIpc) is 3.31. The van der Waals surface area contributed by atoms with Gasteiger partial charge in [-0.15, -0.1) is 0 Å². The third kappa shape index (κ3) is 4.81. The number of aromatic nitrogens is 2. The minimum Gasteiger partial charge on any atom is -0.481 e. The summed E-state index contributed by atoms with van der Waals surface area (Å²) in [6.07, 6.45) is 1.65. The van der Waals surface area contributed by atoms with Gasteiger partial charge in [0.15, 0.2) is 5.76 Å². The first-order valence-electron chi connectivity index (χ1n) is 8.46. The Bertz CT molecular complexity index is 917. The van der Waals surface area contributed by atoms with E-state index in [9.17, 15) is 9.59 Å². The fraction of sp³-hybridized carbons (Fsp3) is 0.263. The lowest BCUT2D eigenvalue weighted by atomic mass is 9.98. The maximum absolute atomic E-state index is 12.3. The Morgan fingerprint density at radius 1 is 1.22 bits per heavy atom. The molecule has 0 radical (unpaired) electrons. The number of carboxylic acids is 1. The Kier molecular flexibility index (Phi) is 5.65. The predicted molar refractivity (Wildman–Crippen MR) is 94.6 cm³/mol. The van der Waals surface area contributed by atoms with Crippen LogP contribution in [0.1, 0.15) is 35.9 Å². The van der Waals surface area contributed by atoms with Crippen molar-refractivity contribution in [3.05, 3.63) is 59.7 Å². The fourth-order valence-electron chi connectivity index (χ4n) is 2.74. The third-order valence-corrected chi connectivity index (χ3v) is 4.05. The number of carboxylic acid groups (broad SMARTS) is 1. The number of hydrogen-bond acceptors (Lipinski definition) is 6. The van der Waals surface area contributed by atoms with Gasteiger partial charge in [0.2, 0.25) is 17.6 Å². The second-order valence-electron chi connectivity index (χ2n) is 6.06. The largest absolute Gasteiger partial charge is 0.481 e. The van der Waals surface area contributed by atoms with Crippen LogP contribution in [0.25, 0.3) is 11.6 Å². The van der Waals surface area contributed by atoms with Crippen LogP contribution < -0.4 is 5.32 Å². The Morgan fingerprint density at radius 3 is 2.74 bits per heavy atom. The molecule has 0 spiro atoms. The lowest BCUT2D eigenvalue weighted by Gasteiger charge is -2.19. The first-order valence-corrected chi connectivity index (χ1v) is 8.46. The van der Waals surface area contributed by atoms with E-state index >= 15 is 0 Å². The summed E-state index contributed by atoms with van der Waals surface area (Å²) in [4.78, 5) is 27.7. The summed E-state index contributed by atoms with van der Waals surface area (Å²) in [5.41, 5.74) is 1.70. The predicted octanol–water partition coefficient (Wildman–Crippen LogP) is 2.90. The van der Waals surface area contributed by atoms with Crippen LogP contribution in [0, 0.1) is 6.92 Å². The molecule has 0 aliphatic rings. The van der Waals surface area contributed by atoms with Crippen LogP contribution in [0.2, 0.25) is 0 Å². The molecule has 2 N–H and O–H groups in total. The fourth-order valence-corrected chi connectivity index (χ4v) is 2.74. The van der Waals surface area contributed by atoms with Gasteiger partial charge in [-0.2, -0.15) is 4.98 Å². The van der Waals surface area contributed by atoms with Crippen molar-refractivity contribution < 1.29 is 23.6 Å². The van der Waals surface area contributed by atoms with Gasteiger partial charge in [-0.25, -0.2) is 0 Å². The summed E-state index contributed by atoms with van der Waals surface area (Å²) in [6, 6.07) is 10.2. The molecule has 3 rings (SSSR count). The molecule has 2 aromatic heterocycles. The van der Waals surface area contributed by atoms with E-state index in [1.165, 1.54) is 6.26 Å². The molecule has 0 saturated carbocycles. The van der Waals surface area contributed by atoms with Crippen LogP contribution >= 0.6 is 0 Å². The van der Waals surface area contributed by atoms with E-state index < -0.39 is 12.0 Å². The molecule has 1 unspecified atom stereocenters. The highest BCUT2D eigenvalue weighted by Gasteiger charge is 2.20. The number of carbonyl (C=O) groups excluding carboxylic acids is 1. The normalized spacial score (nSPS) is 11.9. The molecule has 8 nitrogen and oxygen atoms in total. The van der Waals surface area contributed by atoms with Crippen molar-refractivity contribution >= 4 is 11.9 Å². The van der Waals surface area contributed by atoms with Gasteiger partial charge in [0.25, 0.3) is 0 Å². The second-order valence-corrected chi connectivity index (χ2v) is 6.06. The number of aliphatic carboxylic acids is 1. The Labute approximate surface area is 155 Å². The SMILES string of the molecule is Cc1ccccc1C(CC(=O)O)NC(=O)CCc1nc(-c2ccco2)no1. The number of nitrogens with one attached hydrogen (secondary N) is 1. The standard InChI is InChI=1S/C19H19N3O5/c1-12-5-2-3-6-13(12)14(11-18(24)25)20-16(23)8-9-17-21-19(22-27-17)15-7-4-10-26-15/h2-7,10,14H,8-9,11H2,1H3,(H,20,23)(H,24,25). The van der Waals surface area contributed by atoms with Gasteiger partial charge in [-0.3, -0.25) is 9.59 Å². The number of amides is 1. The number of hydrogen-bond donors (Lipinski definition) is 2. The van der Waals surface area contributed by atoms with Crippen LogP contribution in [0.5, 0.6) is 0 Å². The highest BCUT2D eigenvalue weighted by molar-refractivity contribution is 5.78. The molecule has 0 fully saturated rings. The van der Waals surface area contributed by atoms with Gasteiger partial charge < -0.3 is 19.4 Å². The van der Waals surface area contributed by atoms with E-state index in [1.807, 2.05) is 31.2 Å². The molecule has 1 amide bonds. The highest BCUT2D eigenvalue weighted by atomic mass is 16.5. The summed E-state index contributed by atoms with van der Waals surface area (Å²) in [5, 5.41) is 15.7. The topological polar surface area (TPSA) is 118 Å². The molecule has 27 heavy (non-hydrogen) atoms. The van der Waals surface area contributed by atoms with Crippen LogP contribution in [0.4, 0.5) is 0 Å². The number of nitrogens with zero attached hydrogens (tertiary/aromatic N) is 2. The molecular formula is C19H19N3O5. The number of carbonyl (C=O) groups is 2. The van der Waals surface area contributed by atoms with E-state index in [0.29, 0.717) is 17.5 Å². The van der Waals surface area contributed by atoms with Crippen molar-refractivity contribution in [1.82, 2.24) is 15.5 Å².